The largest absolute Gasteiger partial charge is 0.508 e. The zero-order valence-corrected chi connectivity index (χ0v) is 13.9. The van der Waals surface area contributed by atoms with Gasteiger partial charge in [0.2, 0.25) is 5.91 Å². The Morgan fingerprint density at radius 2 is 2.00 bits per heavy atom. The number of hydrogen-bond donors (Lipinski definition) is 4. The van der Waals surface area contributed by atoms with Crippen LogP contribution < -0.4 is 16.1 Å². The summed E-state index contributed by atoms with van der Waals surface area (Å²) in [6.45, 7) is 0.619. The van der Waals surface area contributed by atoms with E-state index in [0.29, 0.717) is 6.67 Å². The van der Waals surface area contributed by atoms with Gasteiger partial charge in [-0.05, 0) is 35.9 Å². The number of carbonyl (C=O) groups is 1. The Labute approximate surface area is 150 Å². The molecule has 3 aliphatic heterocycles. The summed E-state index contributed by atoms with van der Waals surface area (Å²) in [6, 6.07) is 7.08. The van der Waals surface area contributed by atoms with E-state index in [-0.39, 0.29) is 23.5 Å². The van der Waals surface area contributed by atoms with Crippen molar-refractivity contribution in [2.45, 2.75) is 5.92 Å². The molecule has 2 unspecified atom stereocenters. The molecule has 2 atom stereocenters. The first-order valence-corrected chi connectivity index (χ1v) is 8.60. The number of amides is 1. The summed E-state index contributed by atoms with van der Waals surface area (Å²) in [7, 11) is 0. The molecule has 0 bridgehead atoms. The Morgan fingerprint density at radius 3 is 2.85 bits per heavy atom. The first-order valence-electron chi connectivity index (χ1n) is 8.60. The van der Waals surface area contributed by atoms with Crippen LogP contribution in [0.1, 0.15) is 11.5 Å². The van der Waals surface area contributed by atoms with Gasteiger partial charge in [-0.1, -0.05) is 24.3 Å². The van der Waals surface area contributed by atoms with Crippen molar-refractivity contribution < 1.29 is 9.90 Å². The first kappa shape index (κ1) is 15.0. The number of benzene rings is 1. The molecular weight excluding hydrogens is 328 g/mol. The van der Waals surface area contributed by atoms with E-state index in [4.69, 9.17) is 0 Å². The highest BCUT2D eigenvalue weighted by atomic mass is 16.3. The summed E-state index contributed by atoms with van der Waals surface area (Å²) < 4.78 is 0. The molecule has 0 aromatic heterocycles. The minimum absolute atomic E-state index is 0.00198. The van der Waals surface area contributed by atoms with Gasteiger partial charge in [0.05, 0.1) is 24.0 Å². The van der Waals surface area contributed by atoms with Crippen LogP contribution in [0.25, 0.3) is 0 Å². The third kappa shape index (κ3) is 2.19. The predicted molar refractivity (Wildman–Crippen MR) is 96.9 cm³/mol. The van der Waals surface area contributed by atoms with Crippen LogP contribution >= 0.6 is 0 Å². The maximum Gasteiger partial charge on any atom is 0.233 e. The van der Waals surface area contributed by atoms with Crippen LogP contribution in [-0.4, -0.2) is 22.7 Å². The molecule has 0 saturated carbocycles. The summed E-state index contributed by atoms with van der Waals surface area (Å²) in [5, 5.41) is 17.8. The number of fused-ring (bicyclic) bond motifs is 2. The van der Waals surface area contributed by atoms with E-state index in [0.717, 1.165) is 28.2 Å². The number of carbonyl (C=O) groups excluding carboxylic acids is 1. The predicted octanol–water partition coefficient (Wildman–Crippen LogP) is 1.71. The van der Waals surface area contributed by atoms with Gasteiger partial charge in [-0.3, -0.25) is 9.80 Å². The molecule has 1 amide bonds. The van der Waals surface area contributed by atoms with E-state index in [1.54, 1.807) is 12.1 Å². The van der Waals surface area contributed by atoms with Crippen molar-refractivity contribution in [3.8, 4) is 5.75 Å². The minimum Gasteiger partial charge on any atom is -0.508 e. The molecule has 1 aromatic carbocycles. The van der Waals surface area contributed by atoms with Crippen molar-refractivity contribution in [2.75, 3.05) is 6.67 Å². The minimum atomic E-state index is -0.296. The van der Waals surface area contributed by atoms with E-state index < -0.39 is 0 Å². The maximum absolute atomic E-state index is 12.8. The van der Waals surface area contributed by atoms with Crippen LogP contribution in [0.15, 0.2) is 83.5 Å². The molecule has 1 saturated heterocycles. The number of nitrogens with zero attached hydrogens (tertiary/aromatic N) is 1. The van der Waals surface area contributed by atoms with Crippen LogP contribution in [0.2, 0.25) is 0 Å². The number of rotatable bonds is 1. The zero-order valence-electron chi connectivity index (χ0n) is 13.9. The quantitative estimate of drug-likeness (QED) is 0.623. The highest BCUT2D eigenvalue weighted by Crippen LogP contribution is 2.45. The third-order valence-corrected chi connectivity index (χ3v) is 5.13. The lowest BCUT2D eigenvalue weighted by Gasteiger charge is -2.36. The number of nitrogens with one attached hydrogen (secondary N) is 3. The number of phenolic OH excluding ortho intramolecular Hbond substituents is 1. The van der Waals surface area contributed by atoms with E-state index >= 15 is 0 Å². The maximum atomic E-state index is 12.8. The molecular formula is C20H18N4O2. The molecule has 0 radical (unpaired) electrons. The Hall–Kier alpha value is -3.25. The molecule has 1 fully saturated rings. The van der Waals surface area contributed by atoms with Gasteiger partial charge in [-0.15, -0.1) is 0 Å². The fraction of sp³-hybridized carbons (Fsp3) is 0.150. The highest BCUT2D eigenvalue weighted by Gasteiger charge is 2.43. The molecule has 6 heteroatoms. The Kier molecular flexibility index (Phi) is 3.26. The monoisotopic (exact) mass is 346 g/mol. The molecule has 6 nitrogen and oxygen atoms in total. The lowest BCUT2D eigenvalue weighted by Crippen LogP contribution is -2.46. The van der Waals surface area contributed by atoms with Crippen LogP contribution in [0.3, 0.4) is 0 Å². The second kappa shape index (κ2) is 5.64. The average molecular weight is 346 g/mol. The second-order valence-corrected chi connectivity index (χ2v) is 6.63. The molecule has 1 aromatic rings. The van der Waals surface area contributed by atoms with Gasteiger partial charge in [-0.2, -0.15) is 0 Å². The van der Waals surface area contributed by atoms with Gasteiger partial charge in [0, 0.05) is 23.4 Å². The van der Waals surface area contributed by atoms with Gasteiger partial charge in [0.1, 0.15) is 5.75 Å². The number of hydrogen-bond acceptors (Lipinski definition) is 5. The third-order valence-electron chi connectivity index (χ3n) is 5.13. The first-order chi connectivity index (χ1) is 12.7. The smallest absolute Gasteiger partial charge is 0.233 e. The van der Waals surface area contributed by atoms with Gasteiger partial charge >= 0.3 is 0 Å². The molecule has 1 aliphatic carbocycles. The van der Waals surface area contributed by atoms with Crippen LogP contribution in [0.5, 0.6) is 5.75 Å². The number of aromatic hydroxyl groups is 1. The normalized spacial score (nSPS) is 26.2. The SMILES string of the molecule is O=C1NC2=CC=CC3=CNCNN3C3=C2C1C(c1ccc(O)cc1)C=C3. The zero-order chi connectivity index (χ0) is 17.7. The Balaban J connectivity index is 1.65. The molecule has 26 heavy (non-hydrogen) atoms. The average Bonchev–Trinajstić information content (AvgIpc) is 2.98. The van der Waals surface area contributed by atoms with Crippen molar-refractivity contribution in [3.63, 3.8) is 0 Å². The lowest BCUT2D eigenvalue weighted by molar-refractivity contribution is -0.122. The van der Waals surface area contributed by atoms with E-state index in [9.17, 15) is 9.90 Å². The van der Waals surface area contributed by atoms with Crippen LogP contribution in [-0.2, 0) is 4.79 Å². The molecule has 3 heterocycles. The molecule has 130 valence electrons. The molecule has 4 aliphatic rings. The number of allylic oxidation sites excluding steroid dienone is 6. The lowest BCUT2D eigenvalue weighted by atomic mass is 9.77. The number of hydrazine groups is 1. The van der Waals surface area contributed by atoms with Crippen molar-refractivity contribution in [1.82, 2.24) is 21.1 Å². The van der Waals surface area contributed by atoms with Gasteiger partial charge < -0.3 is 15.7 Å². The van der Waals surface area contributed by atoms with E-state index in [1.165, 1.54) is 0 Å². The topological polar surface area (TPSA) is 76.6 Å². The Morgan fingerprint density at radius 1 is 1.15 bits per heavy atom. The highest BCUT2D eigenvalue weighted by molar-refractivity contribution is 5.92. The fourth-order valence-corrected chi connectivity index (χ4v) is 3.96. The summed E-state index contributed by atoms with van der Waals surface area (Å²) >= 11 is 0. The van der Waals surface area contributed by atoms with Gasteiger partial charge in [0.15, 0.2) is 0 Å². The molecule has 0 spiro atoms. The van der Waals surface area contributed by atoms with Gasteiger partial charge in [0.25, 0.3) is 0 Å². The van der Waals surface area contributed by atoms with Crippen LogP contribution in [0, 0.1) is 5.92 Å². The standard InChI is InChI=1S/C20H18N4O2/c25-14-6-4-12(5-7-14)15-8-9-17-19-16(23-20(26)18(15)19)3-1-2-13-10-21-11-22-24(13)17/h1-10,15,18,21-22,25H,11H2,(H,23,26). The molecule has 5 rings (SSSR count). The second-order valence-electron chi connectivity index (χ2n) is 6.63. The summed E-state index contributed by atoms with van der Waals surface area (Å²) in [5.74, 6) is -0.142. The van der Waals surface area contributed by atoms with Crippen LogP contribution in [0.4, 0.5) is 0 Å². The van der Waals surface area contributed by atoms with Crippen molar-refractivity contribution in [3.05, 3.63) is 89.1 Å². The van der Waals surface area contributed by atoms with Gasteiger partial charge in [-0.25, -0.2) is 5.43 Å². The summed E-state index contributed by atoms with van der Waals surface area (Å²) in [5.41, 5.74) is 8.15. The number of phenols is 1. The van der Waals surface area contributed by atoms with Crippen molar-refractivity contribution in [1.29, 1.82) is 0 Å². The summed E-state index contributed by atoms with van der Waals surface area (Å²) in [4.78, 5) is 12.8. The van der Waals surface area contributed by atoms with Crippen molar-refractivity contribution in [2.24, 2.45) is 5.92 Å². The van der Waals surface area contributed by atoms with E-state index in [2.05, 4.69) is 28.2 Å². The summed E-state index contributed by atoms with van der Waals surface area (Å²) in [6.07, 6.45) is 12.0. The Bertz CT molecular complexity index is 937. The molecule has 4 N–H and O–H groups in total. The van der Waals surface area contributed by atoms with E-state index in [1.807, 2.05) is 41.6 Å². The fourth-order valence-electron chi connectivity index (χ4n) is 3.96. The van der Waals surface area contributed by atoms with Crippen molar-refractivity contribution >= 4 is 5.91 Å².